The van der Waals surface area contributed by atoms with Crippen LogP contribution in [0.25, 0.3) is 0 Å². The molecule has 1 heterocycles. The summed E-state index contributed by atoms with van der Waals surface area (Å²) in [5, 5.41) is 13.1. The topological polar surface area (TPSA) is 58.0 Å². The van der Waals surface area contributed by atoms with Crippen LogP contribution in [0.1, 0.15) is 37.9 Å². The molecule has 0 spiro atoms. The molecule has 1 fully saturated rings. The molecule has 1 saturated carbocycles. The number of aromatic nitrogens is 2. The van der Waals surface area contributed by atoms with E-state index < -0.39 is 0 Å². The van der Waals surface area contributed by atoms with Gasteiger partial charge in [-0.05, 0) is 26.2 Å². The first-order chi connectivity index (χ1) is 6.75. The number of rotatable bonds is 5. The quantitative estimate of drug-likeness (QED) is 0.780. The highest BCUT2D eigenvalue weighted by molar-refractivity contribution is 7.09. The van der Waals surface area contributed by atoms with Crippen LogP contribution in [0.2, 0.25) is 0 Å². The molecule has 0 saturated heterocycles. The fourth-order valence-corrected chi connectivity index (χ4v) is 1.87. The van der Waals surface area contributed by atoms with E-state index in [1.807, 2.05) is 0 Å². The van der Waals surface area contributed by atoms with E-state index in [0.29, 0.717) is 5.92 Å². The molecule has 0 aromatic carbocycles. The van der Waals surface area contributed by atoms with E-state index in [4.69, 9.17) is 5.11 Å². The second-order valence-electron chi connectivity index (χ2n) is 3.80. The highest BCUT2D eigenvalue weighted by Gasteiger charge is 2.27. The van der Waals surface area contributed by atoms with Gasteiger partial charge in [-0.2, -0.15) is 4.37 Å². The van der Waals surface area contributed by atoms with E-state index in [0.717, 1.165) is 23.9 Å². The standard InChI is InChI=1S/C9H15N3OS/c1-6(13)4-5-10-9-11-8(12-14-9)7-2-3-7/h6-7,13H,2-5H2,1H3,(H,10,11,12). The minimum Gasteiger partial charge on any atom is -0.393 e. The van der Waals surface area contributed by atoms with Crippen LogP contribution in [0.3, 0.4) is 0 Å². The first kappa shape index (κ1) is 9.86. The summed E-state index contributed by atoms with van der Waals surface area (Å²) >= 11 is 1.42. The molecule has 0 aliphatic heterocycles. The van der Waals surface area contributed by atoms with Crippen LogP contribution in [-0.2, 0) is 0 Å². The van der Waals surface area contributed by atoms with Crippen molar-refractivity contribution in [2.24, 2.45) is 0 Å². The van der Waals surface area contributed by atoms with Crippen molar-refractivity contribution in [3.8, 4) is 0 Å². The molecule has 0 radical (unpaired) electrons. The summed E-state index contributed by atoms with van der Waals surface area (Å²) in [6.45, 7) is 2.55. The van der Waals surface area contributed by atoms with Gasteiger partial charge in [0.2, 0.25) is 5.13 Å². The first-order valence-electron chi connectivity index (χ1n) is 5.01. The summed E-state index contributed by atoms with van der Waals surface area (Å²) in [6, 6.07) is 0. The van der Waals surface area contributed by atoms with Crippen LogP contribution in [0.5, 0.6) is 0 Å². The van der Waals surface area contributed by atoms with Crippen LogP contribution in [-0.4, -0.2) is 27.1 Å². The summed E-state index contributed by atoms with van der Waals surface area (Å²) in [7, 11) is 0. The van der Waals surface area contributed by atoms with Crippen molar-refractivity contribution in [3.05, 3.63) is 5.82 Å². The van der Waals surface area contributed by atoms with Gasteiger partial charge in [0, 0.05) is 24.0 Å². The van der Waals surface area contributed by atoms with Crippen LogP contribution in [0, 0.1) is 0 Å². The van der Waals surface area contributed by atoms with Crippen LogP contribution >= 0.6 is 11.5 Å². The van der Waals surface area contributed by atoms with Gasteiger partial charge in [0.15, 0.2) is 0 Å². The predicted molar refractivity (Wildman–Crippen MR) is 56.7 cm³/mol. The molecule has 5 heteroatoms. The van der Waals surface area contributed by atoms with E-state index in [9.17, 15) is 0 Å². The monoisotopic (exact) mass is 213 g/mol. The Morgan fingerprint density at radius 1 is 1.64 bits per heavy atom. The summed E-state index contributed by atoms with van der Waals surface area (Å²) < 4.78 is 4.28. The highest BCUT2D eigenvalue weighted by Crippen LogP contribution is 2.39. The second-order valence-corrected chi connectivity index (χ2v) is 4.55. The minimum atomic E-state index is -0.252. The highest BCUT2D eigenvalue weighted by atomic mass is 32.1. The van der Waals surface area contributed by atoms with Gasteiger partial charge in [0.1, 0.15) is 5.82 Å². The SMILES string of the molecule is CC(O)CCNc1nc(C2CC2)ns1. The second kappa shape index (κ2) is 4.23. The van der Waals surface area contributed by atoms with E-state index >= 15 is 0 Å². The molecule has 2 N–H and O–H groups in total. The van der Waals surface area contributed by atoms with E-state index in [1.165, 1.54) is 24.4 Å². The van der Waals surface area contributed by atoms with Crippen molar-refractivity contribution in [2.45, 2.75) is 38.2 Å². The van der Waals surface area contributed by atoms with Gasteiger partial charge in [-0.15, -0.1) is 0 Å². The van der Waals surface area contributed by atoms with Crippen LogP contribution in [0.4, 0.5) is 5.13 Å². The van der Waals surface area contributed by atoms with Crippen LogP contribution in [0.15, 0.2) is 0 Å². The summed E-state index contributed by atoms with van der Waals surface area (Å²) in [6.07, 6.45) is 2.98. The van der Waals surface area contributed by atoms with Crippen molar-refractivity contribution in [1.82, 2.24) is 9.36 Å². The summed E-state index contributed by atoms with van der Waals surface area (Å²) in [5.41, 5.74) is 0. The third-order valence-electron chi connectivity index (χ3n) is 2.22. The molecule has 1 unspecified atom stereocenters. The molecule has 4 nitrogen and oxygen atoms in total. The molecule has 1 aliphatic carbocycles. The van der Waals surface area contributed by atoms with E-state index in [2.05, 4.69) is 14.7 Å². The van der Waals surface area contributed by atoms with Gasteiger partial charge >= 0.3 is 0 Å². The van der Waals surface area contributed by atoms with Crippen molar-refractivity contribution in [3.63, 3.8) is 0 Å². The number of aliphatic hydroxyl groups is 1. The Morgan fingerprint density at radius 2 is 2.43 bits per heavy atom. The van der Waals surface area contributed by atoms with Crippen LogP contribution < -0.4 is 5.32 Å². The zero-order chi connectivity index (χ0) is 9.97. The molecule has 14 heavy (non-hydrogen) atoms. The Morgan fingerprint density at radius 3 is 3.07 bits per heavy atom. The predicted octanol–water partition coefficient (Wildman–Crippen LogP) is 1.60. The first-order valence-corrected chi connectivity index (χ1v) is 5.78. The Bertz CT molecular complexity index is 296. The molecular weight excluding hydrogens is 198 g/mol. The lowest BCUT2D eigenvalue weighted by atomic mass is 10.3. The molecule has 1 atom stereocenters. The van der Waals surface area contributed by atoms with Crippen molar-refractivity contribution in [1.29, 1.82) is 0 Å². The Kier molecular flexibility index (Phi) is 2.98. The molecular formula is C9H15N3OS. The maximum Gasteiger partial charge on any atom is 0.202 e. The molecule has 1 aromatic rings. The number of hydrogen-bond donors (Lipinski definition) is 2. The number of nitrogens with one attached hydrogen (secondary N) is 1. The Labute approximate surface area is 87.5 Å². The van der Waals surface area contributed by atoms with E-state index in [1.54, 1.807) is 6.92 Å². The molecule has 1 aliphatic rings. The smallest absolute Gasteiger partial charge is 0.202 e. The number of nitrogens with zero attached hydrogens (tertiary/aromatic N) is 2. The minimum absolute atomic E-state index is 0.252. The lowest BCUT2D eigenvalue weighted by Gasteiger charge is -2.03. The maximum atomic E-state index is 9.06. The van der Waals surface area contributed by atoms with Gasteiger partial charge in [-0.25, -0.2) is 4.98 Å². The van der Waals surface area contributed by atoms with Crippen molar-refractivity contribution >= 4 is 16.7 Å². The normalized spacial score (nSPS) is 18.1. The number of anilines is 1. The maximum absolute atomic E-state index is 9.06. The fourth-order valence-electron chi connectivity index (χ4n) is 1.20. The lowest BCUT2D eigenvalue weighted by molar-refractivity contribution is 0.189. The molecule has 0 amide bonds. The third-order valence-corrected chi connectivity index (χ3v) is 2.91. The molecule has 1 aromatic heterocycles. The van der Waals surface area contributed by atoms with E-state index in [-0.39, 0.29) is 6.10 Å². The van der Waals surface area contributed by atoms with Crippen molar-refractivity contribution in [2.75, 3.05) is 11.9 Å². The third kappa shape index (κ3) is 2.65. The fraction of sp³-hybridized carbons (Fsp3) is 0.778. The largest absolute Gasteiger partial charge is 0.393 e. The molecule has 78 valence electrons. The van der Waals surface area contributed by atoms with Gasteiger partial charge in [-0.1, -0.05) is 0 Å². The van der Waals surface area contributed by atoms with Gasteiger partial charge in [-0.3, -0.25) is 0 Å². The average molecular weight is 213 g/mol. The summed E-state index contributed by atoms with van der Waals surface area (Å²) in [4.78, 5) is 4.38. The molecule has 0 bridgehead atoms. The number of hydrogen-bond acceptors (Lipinski definition) is 5. The Balaban J connectivity index is 1.78. The Hall–Kier alpha value is -0.680. The van der Waals surface area contributed by atoms with Crippen molar-refractivity contribution < 1.29 is 5.11 Å². The van der Waals surface area contributed by atoms with Gasteiger partial charge in [0.25, 0.3) is 0 Å². The summed E-state index contributed by atoms with van der Waals surface area (Å²) in [5.74, 6) is 1.62. The number of aliphatic hydroxyl groups excluding tert-OH is 1. The van der Waals surface area contributed by atoms with Gasteiger partial charge in [0.05, 0.1) is 6.10 Å². The lowest BCUT2D eigenvalue weighted by Crippen LogP contribution is -2.09. The zero-order valence-corrected chi connectivity index (χ0v) is 9.05. The molecule has 2 rings (SSSR count). The zero-order valence-electron chi connectivity index (χ0n) is 8.23. The average Bonchev–Trinajstić information content (AvgIpc) is 2.87. The van der Waals surface area contributed by atoms with Gasteiger partial charge < -0.3 is 10.4 Å².